The van der Waals surface area contributed by atoms with Gasteiger partial charge in [0.25, 0.3) is 0 Å². The molecule has 16 heavy (non-hydrogen) atoms. The van der Waals surface area contributed by atoms with Crippen LogP contribution in [0.25, 0.3) is 0 Å². The Morgan fingerprint density at radius 1 is 1.38 bits per heavy atom. The minimum atomic E-state index is 0.163. The average Bonchev–Trinajstić information content (AvgIpc) is 2.25. The van der Waals surface area contributed by atoms with Gasteiger partial charge < -0.3 is 0 Å². The summed E-state index contributed by atoms with van der Waals surface area (Å²) in [7, 11) is 0. The SMILES string of the molecule is C#CC(CC)NC(C)c1ccc(C)cc1C. The zero-order chi connectivity index (χ0) is 12.1. The highest BCUT2D eigenvalue weighted by Crippen LogP contribution is 2.19. The third-order valence-electron chi connectivity index (χ3n) is 2.95. The molecule has 0 radical (unpaired) electrons. The molecule has 0 saturated heterocycles. The number of rotatable bonds is 4. The summed E-state index contributed by atoms with van der Waals surface area (Å²) in [5.41, 5.74) is 3.96. The van der Waals surface area contributed by atoms with Crippen LogP contribution in [0.15, 0.2) is 18.2 Å². The first-order valence-electron chi connectivity index (χ1n) is 5.87. The molecule has 1 aromatic carbocycles. The van der Waals surface area contributed by atoms with Gasteiger partial charge in [0.15, 0.2) is 0 Å². The zero-order valence-corrected chi connectivity index (χ0v) is 10.7. The van der Waals surface area contributed by atoms with E-state index in [-0.39, 0.29) is 6.04 Å². The first kappa shape index (κ1) is 12.8. The van der Waals surface area contributed by atoms with E-state index in [2.05, 4.69) is 57.1 Å². The van der Waals surface area contributed by atoms with E-state index in [1.165, 1.54) is 16.7 Å². The maximum Gasteiger partial charge on any atom is 0.0688 e. The Labute approximate surface area is 99.3 Å². The fraction of sp³-hybridized carbons (Fsp3) is 0.467. The molecule has 0 spiro atoms. The number of terminal acetylenes is 1. The third-order valence-corrected chi connectivity index (χ3v) is 2.95. The molecule has 86 valence electrons. The van der Waals surface area contributed by atoms with E-state index in [9.17, 15) is 0 Å². The predicted molar refractivity (Wildman–Crippen MR) is 70.4 cm³/mol. The smallest absolute Gasteiger partial charge is 0.0688 e. The second kappa shape index (κ2) is 5.72. The molecule has 1 rings (SSSR count). The van der Waals surface area contributed by atoms with Gasteiger partial charge in [-0.15, -0.1) is 6.42 Å². The van der Waals surface area contributed by atoms with Gasteiger partial charge in [0.2, 0.25) is 0 Å². The minimum absolute atomic E-state index is 0.163. The summed E-state index contributed by atoms with van der Waals surface area (Å²) in [5, 5.41) is 3.46. The van der Waals surface area contributed by atoms with Crippen molar-refractivity contribution in [3.63, 3.8) is 0 Å². The second-order valence-corrected chi connectivity index (χ2v) is 4.38. The van der Waals surface area contributed by atoms with Crippen molar-refractivity contribution < 1.29 is 0 Å². The molecule has 2 unspecified atom stereocenters. The Kier molecular flexibility index (Phi) is 4.58. The van der Waals surface area contributed by atoms with Crippen LogP contribution in [0, 0.1) is 26.2 Å². The number of nitrogens with one attached hydrogen (secondary N) is 1. The lowest BCUT2D eigenvalue weighted by Gasteiger charge is -2.20. The van der Waals surface area contributed by atoms with Gasteiger partial charge in [-0.05, 0) is 38.3 Å². The van der Waals surface area contributed by atoms with Crippen LogP contribution >= 0.6 is 0 Å². The standard InChI is InChI=1S/C15H21N/c1-6-14(7-2)16-13(5)15-9-8-11(3)10-12(15)4/h1,8-10,13-14,16H,7H2,2-5H3. The van der Waals surface area contributed by atoms with Crippen molar-refractivity contribution in [2.24, 2.45) is 0 Å². The normalized spacial score (nSPS) is 14.2. The molecular weight excluding hydrogens is 194 g/mol. The molecular formula is C15H21N. The highest BCUT2D eigenvalue weighted by atomic mass is 14.9. The Morgan fingerprint density at radius 3 is 2.56 bits per heavy atom. The van der Waals surface area contributed by atoms with Gasteiger partial charge in [-0.1, -0.05) is 36.6 Å². The first-order chi connectivity index (χ1) is 7.58. The zero-order valence-electron chi connectivity index (χ0n) is 10.7. The molecule has 0 heterocycles. The fourth-order valence-electron chi connectivity index (χ4n) is 1.99. The van der Waals surface area contributed by atoms with E-state index in [4.69, 9.17) is 6.42 Å². The van der Waals surface area contributed by atoms with E-state index < -0.39 is 0 Å². The summed E-state index contributed by atoms with van der Waals surface area (Å²) >= 11 is 0. The van der Waals surface area contributed by atoms with Crippen molar-refractivity contribution in [1.82, 2.24) is 5.32 Å². The molecule has 2 atom stereocenters. The molecule has 0 aliphatic carbocycles. The van der Waals surface area contributed by atoms with Crippen molar-refractivity contribution >= 4 is 0 Å². The highest BCUT2D eigenvalue weighted by molar-refractivity contribution is 5.32. The Bertz CT molecular complexity index is 387. The maximum absolute atomic E-state index is 5.46. The summed E-state index contributed by atoms with van der Waals surface area (Å²) in [6.07, 6.45) is 6.42. The second-order valence-electron chi connectivity index (χ2n) is 4.38. The quantitative estimate of drug-likeness (QED) is 0.759. The molecule has 1 aromatic rings. The molecule has 0 aliphatic heterocycles. The molecule has 0 amide bonds. The summed E-state index contributed by atoms with van der Waals surface area (Å²) < 4.78 is 0. The van der Waals surface area contributed by atoms with Crippen LogP contribution in [0.1, 0.15) is 43.0 Å². The van der Waals surface area contributed by atoms with E-state index in [0.717, 1.165) is 6.42 Å². The van der Waals surface area contributed by atoms with Gasteiger partial charge >= 0.3 is 0 Å². The van der Waals surface area contributed by atoms with E-state index in [1.807, 2.05) is 0 Å². The van der Waals surface area contributed by atoms with Gasteiger partial charge in [0.1, 0.15) is 0 Å². The van der Waals surface area contributed by atoms with Gasteiger partial charge in [0.05, 0.1) is 6.04 Å². The molecule has 1 N–H and O–H groups in total. The lowest BCUT2D eigenvalue weighted by Crippen LogP contribution is -2.29. The van der Waals surface area contributed by atoms with Crippen LogP contribution in [0.5, 0.6) is 0 Å². The van der Waals surface area contributed by atoms with Crippen LogP contribution in [-0.4, -0.2) is 6.04 Å². The lowest BCUT2D eigenvalue weighted by molar-refractivity contribution is 0.510. The highest BCUT2D eigenvalue weighted by Gasteiger charge is 2.11. The van der Waals surface area contributed by atoms with E-state index in [1.54, 1.807) is 0 Å². The predicted octanol–water partition coefficient (Wildman–Crippen LogP) is 3.37. The molecule has 0 aliphatic rings. The fourth-order valence-corrected chi connectivity index (χ4v) is 1.99. The molecule has 0 fully saturated rings. The molecule has 0 bridgehead atoms. The summed E-state index contributed by atoms with van der Waals surface area (Å²) in [4.78, 5) is 0. The monoisotopic (exact) mass is 215 g/mol. The number of hydrogen-bond acceptors (Lipinski definition) is 1. The Morgan fingerprint density at radius 2 is 2.06 bits per heavy atom. The van der Waals surface area contributed by atoms with Crippen molar-refractivity contribution in [3.05, 3.63) is 34.9 Å². The van der Waals surface area contributed by atoms with Crippen molar-refractivity contribution in [3.8, 4) is 12.3 Å². The van der Waals surface area contributed by atoms with Gasteiger partial charge in [0, 0.05) is 6.04 Å². The molecule has 0 saturated carbocycles. The largest absolute Gasteiger partial charge is 0.297 e. The van der Waals surface area contributed by atoms with Crippen molar-refractivity contribution in [2.75, 3.05) is 0 Å². The van der Waals surface area contributed by atoms with Crippen LogP contribution in [0.4, 0.5) is 0 Å². The van der Waals surface area contributed by atoms with Crippen molar-refractivity contribution in [1.29, 1.82) is 0 Å². The van der Waals surface area contributed by atoms with Crippen molar-refractivity contribution in [2.45, 2.75) is 46.2 Å². The average molecular weight is 215 g/mol. The van der Waals surface area contributed by atoms with Gasteiger partial charge in [-0.3, -0.25) is 5.32 Å². The lowest BCUT2D eigenvalue weighted by atomic mass is 9.99. The van der Waals surface area contributed by atoms with E-state index >= 15 is 0 Å². The topological polar surface area (TPSA) is 12.0 Å². The molecule has 0 aromatic heterocycles. The first-order valence-corrected chi connectivity index (χ1v) is 5.87. The maximum atomic E-state index is 5.46. The van der Waals surface area contributed by atoms with Crippen LogP contribution in [0.3, 0.4) is 0 Å². The molecule has 1 nitrogen and oxygen atoms in total. The third kappa shape index (κ3) is 3.12. The summed E-state index contributed by atoms with van der Waals surface area (Å²) in [6.45, 7) is 8.53. The summed E-state index contributed by atoms with van der Waals surface area (Å²) in [5.74, 6) is 2.77. The number of aryl methyl sites for hydroxylation is 2. The minimum Gasteiger partial charge on any atom is -0.297 e. The van der Waals surface area contributed by atoms with Crippen LogP contribution in [-0.2, 0) is 0 Å². The Balaban J connectivity index is 2.81. The van der Waals surface area contributed by atoms with Crippen LogP contribution < -0.4 is 5.32 Å². The Hall–Kier alpha value is -1.26. The van der Waals surface area contributed by atoms with E-state index in [0.29, 0.717) is 6.04 Å². The van der Waals surface area contributed by atoms with Crippen LogP contribution in [0.2, 0.25) is 0 Å². The number of benzene rings is 1. The van der Waals surface area contributed by atoms with Gasteiger partial charge in [-0.25, -0.2) is 0 Å². The molecule has 1 heteroatoms. The number of hydrogen-bond donors (Lipinski definition) is 1. The van der Waals surface area contributed by atoms with Gasteiger partial charge in [-0.2, -0.15) is 0 Å². The summed E-state index contributed by atoms with van der Waals surface area (Å²) in [6, 6.07) is 7.02.